The summed E-state index contributed by atoms with van der Waals surface area (Å²) >= 11 is 2.00. The first-order chi connectivity index (χ1) is 13.9. The number of carbonyl (C=O) groups is 2. The highest BCUT2D eigenvalue weighted by Gasteiger charge is 2.18. The van der Waals surface area contributed by atoms with Gasteiger partial charge in [-0.05, 0) is 46.6 Å². The molecule has 0 aliphatic carbocycles. The number of benzene rings is 1. The van der Waals surface area contributed by atoms with E-state index in [4.69, 9.17) is 4.74 Å². The number of rotatable bonds is 7. The van der Waals surface area contributed by atoms with Crippen molar-refractivity contribution in [3.8, 4) is 0 Å². The van der Waals surface area contributed by atoms with Crippen LogP contribution >= 0.6 is 22.7 Å². The Kier molecular flexibility index (Phi) is 6.42. The first kappa shape index (κ1) is 20.3. The molecule has 3 rings (SSSR count). The van der Waals surface area contributed by atoms with Crippen molar-refractivity contribution in [2.45, 2.75) is 0 Å². The number of nitrogens with one attached hydrogen (secondary N) is 1. The average molecular weight is 433 g/mol. The Morgan fingerprint density at radius 3 is 2.66 bits per heavy atom. The number of aromatic nitrogens is 1. The molecular weight excluding hydrogens is 421 g/mol. The summed E-state index contributed by atoms with van der Waals surface area (Å²) in [4.78, 5) is 38.8. The van der Waals surface area contributed by atoms with Gasteiger partial charge in [0.05, 0.1) is 10.5 Å². The monoisotopic (exact) mass is 433 g/mol. The van der Waals surface area contributed by atoms with Crippen molar-refractivity contribution in [2.75, 3.05) is 11.9 Å². The Morgan fingerprint density at radius 2 is 2.03 bits per heavy atom. The maximum absolute atomic E-state index is 13.1. The Bertz CT molecular complexity index is 1060. The number of hydrogen-bond acceptors (Lipinski definition) is 8. The molecule has 0 bridgehead atoms. The third kappa shape index (κ3) is 5.53. The summed E-state index contributed by atoms with van der Waals surface area (Å²) in [6.45, 7) is -0.599. The number of nitro groups is 1. The molecule has 2 aromatic heterocycles. The molecular formula is C18H12FN3O5S2. The molecule has 0 saturated heterocycles. The van der Waals surface area contributed by atoms with Crippen LogP contribution in [0.15, 0.2) is 48.0 Å². The highest BCUT2D eigenvalue weighted by molar-refractivity contribution is 7.18. The minimum atomic E-state index is -0.739. The lowest BCUT2D eigenvalue weighted by Gasteiger charge is -2.07. The quantitative estimate of drug-likeness (QED) is 0.261. The van der Waals surface area contributed by atoms with Crippen molar-refractivity contribution in [3.05, 3.63) is 74.3 Å². The summed E-state index contributed by atoms with van der Waals surface area (Å²) in [7, 11) is 0. The number of esters is 1. The summed E-state index contributed by atoms with van der Waals surface area (Å²) in [5, 5.41) is 14.6. The normalized spacial score (nSPS) is 11.1. The fraction of sp³-hybridized carbons (Fsp3) is 0.0556. The summed E-state index contributed by atoms with van der Waals surface area (Å²) in [5.74, 6) is -1.83. The number of thiophene rings is 1. The van der Waals surface area contributed by atoms with Crippen molar-refractivity contribution in [2.24, 2.45) is 0 Å². The van der Waals surface area contributed by atoms with Gasteiger partial charge in [-0.3, -0.25) is 20.2 Å². The lowest BCUT2D eigenvalue weighted by atomic mass is 10.1. The highest BCUT2D eigenvalue weighted by atomic mass is 32.1. The van der Waals surface area contributed by atoms with Crippen LogP contribution in [-0.2, 0) is 14.3 Å². The molecule has 8 nitrogen and oxygen atoms in total. The largest absolute Gasteiger partial charge is 0.452 e. The van der Waals surface area contributed by atoms with E-state index in [1.54, 1.807) is 17.5 Å². The smallest absolute Gasteiger partial charge is 0.345 e. The lowest BCUT2D eigenvalue weighted by molar-refractivity contribution is -0.380. The molecule has 0 radical (unpaired) electrons. The first-order valence-electron chi connectivity index (χ1n) is 8.00. The number of amides is 1. The fourth-order valence-corrected chi connectivity index (χ4v) is 3.54. The molecule has 3 aromatic rings. The Morgan fingerprint density at radius 1 is 1.28 bits per heavy atom. The van der Waals surface area contributed by atoms with Gasteiger partial charge < -0.3 is 4.74 Å². The molecule has 0 saturated carbocycles. The average Bonchev–Trinajstić information content (AvgIpc) is 3.38. The molecule has 0 spiro atoms. The van der Waals surface area contributed by atoms with Gasteiger partial charge in [0.2, 0.25) is 0 Å². The van der Waals surface area contributed by atoms with Crippen LogP contribution in [0.25, 0.3) is 11.6 Å². The van der Waals surface area contributed by atoms with Crippen LogP contribution in [0, 0.1) is 15.9 Å². The zero-order valence-corrected chi connectivity index (χ0v) is 16.2. The molecule has 0 fully saturated rings. The van der Waals surface area contributed by atoms with E-state index >= 15 is 0 Å². The molecule has 1 amide bonds. The van der Waals surface area contributed by atoms with Gasteiger partial charge in [-0.25, -0.2) is 14.2 Å². The van der Waals surface area contributed by atoms with Crippen molar-refractivity contribution < 1.29 is 23.6 Å². The second-order valence-electron chi connectivity index (χ2n) is 5.47. The van der Waals surface area contributed by atoms with E-state index in [9.17, 15) is 24.1 Å². The standard InChI is InChI=1S/C18H12FN3O5S2/c19-12-5-3-11(4-6-12)8-13(14-2-1-7-28-14)17(24)27-10-15(23)21-18-20-9-16(29-18)22(25)26/h1-9H,10H2,(H,20,21,23)/b13-8+. The third-order valence-electron chi connectivity index (χ3n) is 3.44. The molecule has 11 heteroatoms. The minimum absolute atomic E-state index is 0.0260. The molecule has 0 atom stereocenters. The number of anilines is 1. The van der Waals surface area contributed by atoms with Gasteiger partial charge in [0.15, 0.2) is 11.7 Å². The number of nitrogens with zero attached hydrogens (tertiary/aromatic N) is 2. The summed E-state index contributed by atoms with van der Waals surface area (Å²) < 4.78 is 18.2. The molecule has 1 N–H and O–H groups in total. The maximum atomic E-state index is 13.1. The fourth-order valence-electron chi connectivity index (χ4n) is 2.16. The van der Waals surface area contributed by atoms with E-state index in [0.29, 0.717) is 21.8 Å². The predicted molar refractivity (Wildman–Crippen MR) is 107 cm³/mol. The summed E-state index contributed by atoms with van der Waals surface area (Å²) in [6.07, 6.45) is 2.56. The van der Waals surface area contributed by atoms with E-state index in [-0.39, 0.29) is 15.7 Å². The summed E-state index contributed by atoms with van der Waals surface area (Å²) in [5.41, 5.74) is 0.801. The maximum Gasteiger partial charge on any atom is 0.345 e. The van der Waals surface area contributed by atoms with Crippen LogP contribution < -0.4 is 5.32 Å². The molecule has 1 aromatic carbocycles. The molecule has 0 aliphatic heterocycles. The molecule has 29 heavy (non-hydrogen) atoms. The van der Waals surface area contributed by atoms with Crippen LogP contribution in [0.4, 0.5) is 14.5 Å². The molecule has 0 unspecified atom stereocenters. The van der Waals surface area contributed by atoms with Crippen molar-refractivity contribution in [1.82, 2.24) is 4.98 Å². The van der Waals surface area contributed by atoms with Crippen LogP contribution in [0.1, 0.15) is 10.4 Å². The van der Waals surface area contributed by atoms with E-state index in [1.807, 2.05) is 0 Å². The molecule has 2 heterocycles. The molecule has 148 valence electrons. The van der Waals surface area contributed by atoms with Gasteiger partial charge in [0.25, 0.3) is 5.91 Å². The van der Waals surface area contributed by atoms with E-state index < -0.39 is 29.2 Å². The Hall–Kier alpha value is -3.44. The van der Waals surface area contributed by atoms with Crippen LogP contribution in [-0.4, -0.2) is 28.4 Å². The van der Waals surface area contributed by atoms with Crippen LogP contribution in [0.5, 0.6) is 0 Å². The van der Waals surface area contributed by atoms with Gasteiger partial charge in [-0.1, -0.05) is 18.2 Å². The van der Waals surface area contributed by atoms with Gasteiger partial charge in [-0.2, -0.15) is 0 Å². The van der Waals surface area contributed by atoms with Crippen molar-refractivity contribution in [3.63, 3.8) is 0 Å². The number of halogens is 1. The van der Waals surface area contributed by atoms with Gasteiger partial charge in [0.1, 0.15) is 12.0 Å². The second kappa shape index (κ2) is 9.17. The Labute approximate surface area is 171 Å². The van der Waals surface area contributed by atoms with Crippen LogP contribution in [0.2, 0.25) is 0 Å². The zero-order chi connectivity index (χ0) is 20.8. The molecule has 0 aliphatic rings. The topological polar surface area (TPSA) is 111 Å². The minimum Gasteiger partial charge on any atom is -0.452 e. The second-order valence-corrected chi connectivity index (χ2v) is 7.43. The van der Waals surface area contributed by atoms with Crippen LogP contribution in [0.3, 0.4) is 0 Å². The zero-order valence-electron chi connectivity index (χ0n) is 14.5. The van der Waals surface area contributed by atoms with Crippen molar-refractivity contribution in [1.29, 1.82) is 0 Å². The highest BCUT2D eigenvalue weighted by Crippen LogP contribution is 2.26. The number of thiazole rings is 1. The van der Waals surface area contributed by atoms with E-state index in [2.05, 4.69) is 10.3 Å². The SMILES string of the molecule is O=C(COC(=O)/C(=C/c1ccc(F)cc1)c1cccs1)Nc1ncc([N+](=O)[O-])s1. The van der Waals surface area contributed by atoms with Gasteiger partial charge in [-0.15, -0.1) is 11.3 Å². The van der Waals surface area contributed by atoms with E-state index in [0.717, 1.165) is 6.20 Å². The number of carbonyl (C=O) groups excluding carboxylic acids is 2. The number of ether oxygens (including phenoxy) is 1. The van der Waals surface area contributed by atoms with Gasteiger partial charge in [0, 0.05) is 4.88 Å². The van der Waals surface area contributed by atoms with Crippen molar-refractivity contribution >= 4 is 56.3 Å². The Balaban J connectivity index is 1.67. The first-order valence-corrected chi connectivity index (χ1v) is 9.70. The van der Waals surface area contributed by atoms with Gasteiger partial charge >= 0.3 is 11.0 Å². The third-order valence-corrected chi connectivity index (χ3v) is 5.21. The summed E-state index contributed by atoms with van der Waals surface area (Å²) in [6, 6.07) is 9.04. The van der Waals surface area contributed by atoms with E-state index in [1.165, 1.54) is 41.7 Å². The lowest BCUT2D eigenvalue weighted by Crippen LogP contribution is -2.21. The predicted octanol–water partition coefficient (Wildman–Crippen LogP) is 3.97. The number of hydrogen-bond donors (Lipinski definition) is 1.